The Labute approximate surface area is 192 Å². The number of rotatable bonds is 9. The maximum absolute atomic E-state index is 13.2. The highest BCUT2D eigenvalue weighted by atomic mass is 32.1. The maximum Gasteiger partial charge on any atom is 0.264 e. The standard InChI is InChI=1S/C22H33N5O4S/c23-5-6-24-20(28)18-14-17(15-27(18)22(30)19-2-1-13-32-19)26(21(29)16-3-4-16)8-7-25-9-11-31-12-10-25/h1-2,13,16-18H,3-12,14-15,23H2,(H,24,28). The second kappa shape index (κ2) is 10.7. The lowest BCUT2D eigenvalue weighted by atomic mass is 10.1. The zero-order valence-electron chi connectivity index (χ0n) is 18.4. The predicted octanol–water partition coefficient (Wildman–Crippen LogP) is -0.0231. The van der Waals surface area contributed by atoms with E-state index in [4.69, 9.17) is 10.5 Å². The molecule has 0 aromatic carbocycles. The van der Waals surface area contributed by atoms with E-state index in [-0.39, 0.29) is 29.7 Å². The Bertz CT molecular complexity index is 794. The molecule has 1 aromatic rings. The van der Waals surface area contributed by atoms with Gasteiger partial charge in [-0.3, -0.25) is 19.3 Å². The maximum atomic E-state index is 13.2. The summed E-state index contributed by atoms with van der Waals surface area (Å²) in [5.74, 6) is -0.0988. The number of morpholine rings is 1. The minimum atomic E-state index is -0.598. The van der Waals surface area contributed by atoms with Crippen molar-refractivity contribution in [1.29, 1.82) is 0 Å². The van der Waals surface area contributed by atoms with E-state index in [1.54, 1.807) is 11.0 Å². The number of ether oxygens (including phenoxy) is 1. The van der Waals surface area contributed by atoms with E-state index in [0.29, 0.717) is 50.7 Å². The average molecular weight is 464 g/mol. The predicted molar refractivity (Wildman–Crippen MR) is 121 cm³/mol. The van der Waals surface area contributed by atoms with Crippen molar-refractivity contribution in [2.24, 2.45) is 11.7 Å². The van der Waals surface area contributed by atoms with Gasteiger partial charge >= 0.3 is 0 Å². The van der Waals surface area contributed by atoms with Gasteiger partial charge in [0.05, 0.1) is 24.1 Å². The van der Waals surface area contributed by atoms with E-state index < -0.39 is 6.04 Å². The molecule has 9 nitrogen and oxygen atoms in total. The van der Waals surface area contributed by atoms with Crippen LogP contribution in [0.3, 0.4) is 0 Å². The molecule has 3 amide bonds. The summed E-state index contributed by atoms with van der Waals surface area (Å²) >= 11 is 1.37. The highest BCUT2D eigenvalue weighted by Crippen LogP contribution is 2.34. The summed E-state index contributed by atoms with van der Waals surface area (Å²) in [7, 11) is 0. The molecule has 3 fully saturated rings. The van der Waals surface area contributed by atoms with Gasteiger partial charge in [-0.15, -0.1) is 11.3 Å². The van der Waals surface area contributed by atoms with Gasteiger partial charge in [-0.2, -0.15) is 0 Å². The third kappa shape index (κ3) is 5.48. The molecule has 1 saturated carbocycles. The summed E-state index contributed by atoms with van der Waals surface area (Å²) in [5, 5.41) is 4.69. The number of nitrogens with zero attached hydrogens (tertiary/aromatic N) is 3. The highest BCUT2D eigenvalue weighted by Gasteiger charge is 2.45. The van der Waals surface area contributed by atoms with Crippen LogP contribution in [-0.4, -0.2) is 104 Å². The van der Waals surface area contributed by atoms with Crippen molar-refractivity contribution in [3.05, 3.63) is 22.4 Å². The summed E-state index contributed by atoms with van der Waals surface area (Å²) < 4.78 is 5.43. The van der Waals surface area contributed by atoms with Gasteiger partial charge in [-0.1, -0.05) is 6.07 Å². The average Bonchev–Trinajstić information content (AvgIpc) is 3.33. The lowest BCUT2D eigenvalue weighted by Gasteiger charge is -2.33. The first-order chi connectivity index (χ1) is 15.6. The van der Waals surface area contributed by atoms with Crippen molar-refractivity contribution in [2.75, 3.05) is 59.0 Å². The van der Waals surface area contributed by atoms with E-state index in [2.05, 4.69) is 10.2 Å². The van der Waals surface area contributed by atoms with E-state index in [9.17, 15) is 14.4 Å². The molecular weight excluding hydrogens is 430 g/mol. The van der Waals surface area contributed by atoms with Gasteiger partial charge in [0.15, 0.2) is 0 Å². The molecule has 3 N–H and O–H groups in total. The van der Waals surface area contributed by atoms with Crippen molar-refractivity contribution in [3.8, 4) is 0 Å². The Morgan fingerprint density at radius 1 is 1.25 bits per heavy atom. The van der Waals surface area contributed by atoms with Crippen molar-refractivity contribution in [1.82, 2.24) is 20.0 Å². The Kier molecular flexibility index (Phi) is 7.77. The lowest BCUT2D eigenvalue weighted by molar-refractivity contribution is -0.135. The minimum absolute atomic E-state index is 0.0891. The Balaban J connectivity index is 1.49. The summed E-state index contributed by atoms with van der Waals surface area (Å²) in [6, 6.07) is 2.85. The molecule has 0 bridgehead atoms. The second-order valence-corrected chi connectivity index (χ2v) is 9.63. The quantitative estimate of drug-likeness (QED) is 0.533. The molecule has 1 aromatic heterocycles. The molecule has 3 aliphatic rings. The van der Waals surface area contributed by atoms with Crippen molar-refractivity contribution < 1.29 is 19.1 Å². The van der Waals surface area contributed by atoms with Gasteiger partial charge < -0.3 is 25.6 Å². The fourth-order valence-electron chi connectivity index (χ4n) is 4.48. The van der Waals surface area contributed by atoms with E-state index >= 15 is 0 Å². The molecular formula is C22H33N5O4S. The van der Waals surface area contributed by atoms with E-state index in [1.807, 2.05) is 16.3 Å². The van der Waals surface area contributed by atoms with Crippen LogP contribution in [0.15, 0.2) is 17.5 Å². The first kappa shape index (κ1) is 23.2. The number of thiophene rings is 1. The number of amides is 3. The van der Waals surface area contributed by atoms with E-state index in [0.717, 1.165) is 32.5 Å². The molecule has 10 heteroatoms. The van der Waals surface area contributed by atoms with Crippen LogP contribution in [0.25, 0.3) is 0 Å². The third-order valence-electron chi connectivity index (χ3n) is 6.43. The smallest absolute Gasteiger partial charge is 0.264 e. The number of carbonyl (C=O) groups excluding carboxylic acids is 3. The normalized spacial score (nSPS) is 23.8. The summed E-state index contributed by atoms with van der Waals surface area (Å²) in [6.07, 6.45) is 2.31. The largest absolute Gasteiger partial charge is 0.379 e. The molecule has 3 heterocycles. The highest BCUT2D eigenvalue weighted by molar-refractivity contribution is 7.12. The second-order valence-electron chi connectivity index (χ2n) is 8.68. The van der Waals surface area contributed by atoms with Gasteiger partial charge in [0.2, 0.25) is 11.8 Å². The summed E-state index contributed by atoms with van der Waals surface area (Å²) in [4.78, 5) is 45.8. The van der Waals surface area contributed by atoms with Crippen LogP contribution in [0.2, 0.25) is 0 Å². The lowest BCUT2D eigenvalue weighted by Crippen LogP contribution is -2.48. The molecule has 176 valence electrons. The van der Waals surface area contributed by atoms with Crippen LogP contribution < -0.4 is 11.1 Å². The van der Waals surface area contributed by atoms with Gasteiger partial charge in [0, 0.05) is 51.7 Å². The molecule has 4 rings (SSSR count). The van der Waals surface area contributed by atoms with Crippen LogP contribution in [0.1, 0.15) is 28.9 Å². The molecule has 2 saturated heterocycles. The molecule has 32 heavy (non-hydrogen) atoms. The number of carbonyl (C=O) groups is 3. The Morgan fingerprint density at radius 3 is 2.69 bits per heavy atom. The van der Waals surface area contributed by atoms with Crippen LogP contribution >= 0.6 is 11.3 Å². The molecule has 0 radical (unpaired) electrons. The van der Waals surface area contributed by atoms with Crippen molar-refractivity contribution >= 4 is 29.1 Å². The first-order valence-electron chi connectivity index (χ1n) is 11.5. The van der Waals surface area contributed by atoms with Gasteiger partial charge in [-0.25, -0.2) is 0 Å². The topological polar surface area (TPSA) is 108 Å². The fourth-order valence-corrected chi connectivity index (χ4v) is 5.16. The molecule has 2 unspecified atom stereocenters. The number of nitrogens with one attached hydrogen (secondary N) is 1. The molecule has 0 spiro atoms. The number of hydrogen-bond donors (Lipinski definition) is 2. The van der Waals surface area contributed by atoms with Crippen molar-refractivity contribution in [3.63, 3.8) is 0 Å². The monoisotopic (exact) mass is 463 g/mol. The summed E-state index contributed by atoms with van der Waals surface area (Å²) in [6.45, 7) is 5.62. The first-order valence-corrected chi connectivity index (χ1v) is 12.4. The van der Waals surface area contributed by atoms with Crippen LogP contribution in [0.5, 0.6) is 0 Å². The zero-order valence-corrected chi connectivity index (χ0v) is 19.2. The van der Waals surface area contributed by atoms with Gasteiger partial charge in [-0.05, 0) is 30.7 Å². The van der Waals surface area contributed by atoms with Gasteiger partial charge in [0.1, 0.15) is 6.04 Å². The van der Waals surface area contributed by atoms with Crippen LogP contribution in [0.4, 0.5) is 0 Å². The van der Waals surface area contributed by atoms with Crippen LogP contribution in [-0.2, 0) is 14.3 Å². The number of hydrogen-bond acceptors (Lipinski definition) is 7. The van der Waals surface area contributed by atoms with Gasteiger partial charge in [0.25, 0.3) is 5.91 Å². The van der Waals surface area contributed by atoms with Crippen LogP contribution in [0, 0.1) is 5.92 Å². The minimum Gasteiger partial charge on any atom is -0.379 e. The zero-order chi connectivity index (χ0) is 22.5. The third-order valence-corrected chi connectivity index (χ3v) is 7.29. The fraction of sp³-hybridized carbons (Fsp3) is 0.682. The Morgan fingerprint density at radius 2 is 2.03 bits per heavy atom. The SMILES string of the molecule is NCCNC(=O)C1CC(N(CCN2CCOCC2)C(=O)C2CC2)CN1C(=O)c1cccs1. The van der Waals surface area contributed by atoms with Crippen molar-refractivity contribution in [2.45, 2.75) is 31.3 Å². The summed E-state index contributed by atoms with van der Waals surface area (Å²) in [5.41, 5.74) is 5.55. The van der Waals surface area contributed by atoms with E-state index in [1.165, 1.54) is 11.3 Å². The molecule has 2 atom stereocenters. The molecule has 2 aliphatic heterocycles. The number of nitrogens with two attached hydrogens (primary N) is 1. The molecule has 1 aliphatic carbocycles. The Hall–Kier alpha value is -2.01. The number of likely N-dealkylation sites (tertiary alicyclic amines) is 1.